The van der Waals surface area contributed by atoms with Crippen LogP contribution in [0.3, 0.4) is 0 Å². The monoisotopic (exact) mass is 200 g/mol. The van der Waals surface area contributed by atoms with Gasteiger partial charge in [0, 0.05) is 37.5 Å². The molecule has 0 amide bonds. The van der Waals surface area contributed by atoms with Gasteiger partial charge in [0.2, 0.25) is 0 Å². The highest BCUT2D eigenvalue weighted by molar-refractivity contribution is 7.99. The zero-order chi connectivity index (χ0) is 9.10. The largest absolute Gasteiger partial charge is 0.311 e. The van der Waals surface area contributed by atoms with Gasteiger partial charge in [-0.1, -0.05) is 6.92 Å². The smallest absolute Gasteiger partial charge is 0.0195 e. The van der Waals surface area contributed by atoms with Crippen molar-refractivity contribution in [3.8, 4) is 0 Å². The molecule has 2 nitrogen and oxygen atoms in total. The van der Waals surface area contributed by atoms with Crippen molar-refractivity contribution in [3.05, 3.63) is 0 Å². The summed E-state index contributed by atoms with van der Waals surface area (Å²) in [7, 11) is 0. The third kappa shape index (κ3) is 2.39. The molecule has 2 rings (SSSR count). The van der Waals surface area contributed by atoms with E-state index in [1.165, 1.54) is 44.0 Å². The zero-order valence-electron chi connectivity index (χ0n) is 8.46. The van der Waals surface area contributed by atoms with Crippen molar-refractivity contribution < 1.29 is 0 Å². The minimum Gasteiger partial charge on any atom is -0.311 e. The first-order chi connectivity index (χ1) is 6.40. The highest BCUT2D eigenvalue weighted by Crippen LogP contribution is 2.23. The molecule has 0 aromatic heterocycles. The van der Waals surface area contributed by atoms with Gasteiger partial charge in [-0.2, -0.15) is 11.8 Å². The average molecular weight is 200 g/mol. The van der Waals surface area contributed by atoms with Crippen LogP contribution in [0.2, 0.25) is 0 Å². The van der Waals surface area contributed by atoms with E-state index in [0.717, 1.165) is 12.1 Å². The molecule has 0 spiro atoms. The van der Waals surface area contributed by atoms with E-state index in [1.807, 2.05) is 0 Å². The Morgan fingerprint density at radius 2 is 2.46 bits per heavy atom. The Kier molecular flexibility index (Phi) is 3.52. The Morgan fingerprint density at radius 3 is 3.15 bits per heavy atom. The molecular formula is C10H20N2S. The number of thioether (sulfide) groups is 1. The predicted octanol–water partition coefficient (Wildman–Crippen LogP) is 1.18. The second-order valence-electron chi connectivity index (χ2n) is 4.07. The maximum atomic E-state index is 3.57. The van der Waals surface area contributed by atoms with E-state index >= 15 is 0 Å². The minimum absolute atomic E-state index is 0.749. The van der Waals surface area contributed by atoms with Crippen LogP contribution in [-0.4, -0.2) is 48.1 Å². The van der Waals surface area contributed by atoms with E-state index in [4.69, 9.17) is 0 Å². The topological polar surface area (TPSA) is 15.3 Å². The first kappa shape index (κ1) is 9.81. The third-order valence-electron chi connectivity index (χ3n) is 3.20. The first-order valence-electron chi connectivity index (χ1n) is 5.45. The fraction of sp³-hybridized carbons (Fsp3) is 1.00. The summed E-state index contributed by atoms with van der Waals surface area (Å²) >= 11 is 2.12. The van der Waals surface area contributed by atoms with Crippen LogP contribution < -0.4 is 5.32 Å². The fourth-order valence-corrected chi connectivity index (χ4v) is 3.52. The SMILES string of the molecule is CCC1CN(C2CCSC2)CCN1. The maximum Gasteiger partial charge on any atom is 0.0195 e. The van der Waals surface area contributed by atoms with E-state index in [0.29, 0.717) is 0 Å². The summed E-state index contributed by atoms with van der Waals surface area (Å²) in [4.78, 5) is 2.70. The molecule has 2 atom stereocenters. The van der Waals surface area contributed by atoms with Crippen LogP contribution in [-0.2, 0) is 0 Å². The molecule has 2 aliphatic heterocycles. The van der Waals surface area contributed by atoms with E-state index < -0.39 is 0 Å². The Bertz CT molecular complexity index is 157. The number of nitrogens with one attached hydrogen (secondary N) is 1. The molecule has 2 aliphatic rings. The molecule has 76 valence electrons. The highest BCUT2D eigenvalue weighted by Gasteiger charge is 2.26. The standard InChI is InChI=1S/C10H20N2S/c1-2-9-7-12(5-4-11-9)10-3-6-13-8-10/h9-11H,2-8H2,1H3. The van der Waals surface area contributed by atoms with Crippen LogP contribution in [0.1, 0.15) is 19.8 Å². The minimum atomic E-state index is 0.749. The molecule has 0 aliphatic carbocycles. The van der Waals surface area contributed by atoms with Crippen molar-refractivity contribution in [1.82, 2.24) is 10.2 Å². The van der Waals surface area contributed by atoms with Gasteiger partial charge in [0.25, 0.3) is 0 Å². The lowest BCUT2D eigenvalue weighted by Crippen LogP contribution is -2.53. The summed E-state index contributed by atoms with van der Waals surface area (Å²) in [5, 5.41) is 3.57. The number of hydrogen-bond acceptors (Lipinski definition) is 3. The van der Waals surface area contributed by atoms with E-state index in [1.54, 1.807) is 0 Å². The Labute approximate surface area is 85.4 Å². The molecule has 2 unspecified atom stereocenters. The van der Waals surface area contributed by atoms with Gasteiger partial charge in [0.15, 0.2) is 0 Å². The summed E-state index contributed by atoms with van der Waals surface area (Å²) < 4.78 is 0. The number of hydrogen-bond donors (Lipinski definition) is 1. The van der Waals surface area contributed by atoms with Gasteiger partial charge >= 0.3 is 0 Å². The molecule has 0 aromatic rings. The summed E-state index contributed by atoms with van der Waals surface area (Å²) in [6.45, 7) is 6.02. The summed E-state index contributed by atoms with van der Waals surface area (Å²) in [6.07, 6.45) is 2.69. The lowest BCUT2D eigenvalue weighted by atomic mass is 10.1. The van der Waals surface area contributed by atoms with Crippen molar-refractivity contribution >= 4 is 11.8 Å². The van der Waals surface area contributed by atoms with Crippen LogP contribution in [0.15, 0.2) is 0 Å². The third-order valence-corrected chi connectivity index (χ3v) is 4.35. The van der Waals surface area contributed by atoms with E-state index in [2.05, 4.69) is 28.9 Å². The molecule has 2 saturated heterocycles. The highest BCUT2D eigenvalue weighted by atomic mass is 32.2. The van der Waals surface area contributed by atoms with Gasteiger partial charge in [-0.05, 0) is 18.6 Å². The molecule has 2 fully saturated rings. The van der Waals surface area contributed by atoms with Crippen molar-refractivity contribution in [3.63, 3.8) is 0 Å². The number of rotatable bonds is 2. The van der Waals surface area contributed by atoms with Gasteiger partial charge < -0.3 is 5.32 Å². The lowest BCUT2D eigenvalue weighted by Gasteiger charge is -2.36. The molecule has 3 heteroatoms. The van der Waals surface area contributed by atoms with Gasteiger partial charge in [0.05, 0.1) is 0 Å². The van der Waals surface area contributed by atoms with Gasteiger partial charge in [-0.15, -0.1) is 0 Å². The summed E-state index contributed by atoms with van der Waals surface area (Å²) in [5.74, 6) is 2.75. The molecular weight excluding hydrogens is 180 g/mol. The van der Waals surface area contributed by atoms with Crippen molar-refractivity contribution in [2.45, 2.75) is 31.8 Å². The van der Waals surface area contributed by atoms with Gasteiger partial charge in [0.1, 0.15) is 0 Å². The molecule has 2 heterocycles. The summed E-state index contributed by atoms with van der Waals surface area (Å²) in [6, 6.07) is 1.64. The number of nitrogens with zero attached hydrogens (tertiary/aromatic N) is 1. The molecule has 0 saturated carbocycles. The average Bonchev–Trinajstić information content (AvgIpc) is 2.71. The molecule has 1 N–H and O–H groups in total. The van der Waals surface area contributed by atoms with Crippen LogP contribution in [0, 0.1) is 0 Å². The Morgan fingerprint density at radius 1 is 1.54 bits per heavy atom. The fourth-order valence-electron chi connectivity index (χ4n) is 2.27. The van der Waals surface area contributed by atoms with Crippen molar-refractivity contribution in [1.29, 1.82) is 0 Å². The normalized spacial score (nSPS) is 36.7. The van der Waals surface area contributed by atoms with E-state index in [-0.39, 0.29) is 0 Å². The lowest BCUT2D eigenvalue weighted by molar-refractivity contribution is 0.154. The van der Waals surface area contributed by atoms with E-state index in [9.17, 15) is 0 Å². The van der Waals surface area contributed by atoms with Gasteiger partial charge in [-0.3, -0.25) is 4.90 Å². The molecule has 13 heavy (non-hydrogen) atoms. The van der Waals surface area contributed by atoms with Crippen molar-refractivity contribution in [2.24, 2.45) is 0 Å². The van der Waals surface area contributed by atoms with Crippen molar-refractivity contribution in [2.75, 3.05) is 31.1 Å². The second-order valence-corrected chi connectivity index (χ2v) is 5.22. The van der Waals surface area contributed by atoms with Crippen LogP contribution in [0.4, 0.5) is 0 Å². The number of piperazine rings is 1. The van der Waals surface area contributed by atoms with Gasteiger partial charge in [-0.25, -0.2) is 0 Å². The van der Waals surface area contributed by atoms with Crippen LogP contribution in [0.25, 0.3) is 0 Å². The predicted molar refractivity (Wildman–Crippen MR) is 59.4 cm³/mol. The summed E-state index contributed by atoms with van der Waals surface area (Å²) in [5.41, 5.74) is 0. The first-order valence-corrected chi connectivity index (χ1v) is 6.61. The molecule has 0 bridgehead atoms. The Hall–Kier alpha value is 0.270. The molecule has 0 radical (unpaired) electrons. The Balaban J connectivity index is 1.84. The zero-order valence-corrected chi connectivity index (χ0v) is 9.28. The quantitative estimate of drug-likeness (QED) is 0.720. The molecule has 0 aromatic carbocycles. The maximum absolute atomic E-state index is 3.57. The van der Waals surface area contributed by atoms with Crippen LogP contribution >= 0.6 is 11.8 Å². The second kappa shape index (κ2) is 4.67. The van der Waals surface area contributed by atoms with Crippen LogP contribution in [0.5, 0.6) is 0 Å².